The Kier molecular flexibility index (Phi) is 4.84. The number of methoxy groups -OCH3 is 1. The minimum atomic E-state index is -0.382. The van der Waals surface area contributed by atoms with E-state index in [1.54, 1.807) is 7.11 Å². The van der Waals surface area contributed by atoms with E-state index in [1.165, 1.54) is 0 Å². The molecule has 3 heteroatoms. The first-order valence-electron chi connectivity index (χ1n) is 7.74. The number of nitrogens with zero attached hydrogens (tertiary/aromatic N) is 1. The van der Waals surface area contributed by atoms with Crippen LogP contribution in [0.25, 0.3) is 0 Å². The summed E-state index contributed by atoms with van der Waals surface area (Å²) >= 11 is 0. The minimum absolute atomic E-state index is 0.0792. The first-order chi connectivity index (χ1) is 9.86. The lowest BCUT2D eigenvalue weighted by molar-refractivity contribution is -0.0559. The van der Waals surface area contributed by atoms with Crippen LogP contribution < -0.4 is 0 Å². The predicted molar refractivity (Wildman–Crippen MR) is 85.6 cm³/mol. The summed E-state index contributed by atoms with van der Waals surface area (Å²) < 4.78 is 5.64. The van der Waals surface area contributed by atoms with Crippen LogP contribution in [0, 0.1) is 5.41 Å². The van der Waals surface area contributed by atoms with Gasteiger partial charge in [0.25, 0.3) is 0 Å². The number of carbonyl (C=O) groups is 1. The SMILES string of the molecule is COC1(C)CCCN(CC(C)(C)C(=O)c2ccccc2)C1. The van der Waals surface area contributed by atoms with Crippen LogP contribution in [0.5, 0.6) is 0 Å². The maximum absolute atomic E-state index is 12.7. The lowest BCUT2D eigenvalue weighted by atomic mass is 9.82. The van der Waals surface area contributed by atoms with Crippen molar-refractivity contribution in [1.82, 2.24) is 4.90 Å². The summed E-state index contributed by atoms with van der Waals surface area (Å²) in [6, 6.07) is 9.59. The van der Waals surface area contributed by atoms with Crippen LogP contribution in [0.3, 0.4) is 0 Å². The molecule has 1 unspecified atom stereocenters. The van der Waals surface area contributed by atoms with Gasteiger partial charge in [-0.05, 0) is 26.3 Å². The number of hydrogen-bond acceptors (Lipinski definition) is 3. The van der Waals surface area contributed by atoms with Crippen LogP contribution in [0.15, 0.2) is 30.3 Å². The number of ketones is 1. The van der Waals surface area contributed by atoms with Gasteiger partial charge in [-0.3, -0.25) is 9.69 Å². The second-order valence-electron chi connectivity index (χ2n) is 7.05. The van der Waals surface area contributed by atoms with Crippen molar-refractivity contribution in [1.29, 1.82) is 0 Å². The molecule has 21 heavy (non-hydrogen) atoms. The van der Waals surface area contributed by atoms with Crippen molar-refractivity contribution in [3.8, 4) is 0 Å². The Hall–Kier alpha value is -1.19. The molecule has 1 saturated heterocycles. The Morgan fingerprint density at radius 1 is 1.33 bits per heavy atom. The van der Waals surface area contributed by atoms with Gasteiger partial charge < -0.3 is 4.74 Å². The zero-order chi connectivity index (χ0) is 15.5. The average Bonchev–Trinajstić information content (AvgIpc) is 2.47. The molecule has 1 aromatic rings. The number of ether oxygens (including phenoxy) is 1. The highest BCUT2D eigenvalue weighted by Crippen LogP contribution is 2.29. The summed E-state index contributed by atoms with van der Waals surface area (Å²) in [6.45, 7) is 8.96. The van der Waals surface area contributed by atoms with Crippen LogP contribution in [0.1, 0.15) is 44.0 Å². The van der Waals surface area contributed by atoms with Crippen molar-refractivity contribution in [2.45, 2.75) is 39.2 Å². The molecular weight excluding hydrogens is 262 g/mol. The normalized spacial score (nSPS) is 24.0. The van der Waals surface area contributed by atoms with Gasteiger partial charge in [-0.25, -0.2) is 0 Å². The molecule has 0 amide bonds. The summed E-state index contributed by atoms with van der Waals surface area (Å²) in [7, 11) is 1.78. The van der Waals surface area contributed by atoms with Crippen LogP contribution in [0.2, 0.25) is 0 Å². The topological polar surface area (TPSA) is 29.5 Å². The van der Waals surface area contributed by atoms with Gasteiger partial charge in [0.1, 0.15) is 0 Å². The highest BCUT2D eigenvalue weighted by atomic mass is 16.5. The highest BCUT2D eigenvalue weighted by molar-refractivity contribution is 6.00. The standard InChI is InChI=1S/C18H27NO2/c1-17(2,16(20)15-9-6-5-7-10-15)13-19-12-8-11-18(3,14-19)21-4/h5-7,9-10H,8,11-14H2,1-4H3. The molecule has 0 N–H and O–H groups in total. The number of likely N-dealkylation sites (tertiary alicyclic amines) is 1. The largest absolute Gasteiger partial charge is 0.377 e. The van der Waals surface area contributed by atoms with E-state index in [9.17, 15) is 4.79 Å². The molecule has 1 heterocycles. The van der Waals surface area contributed by atoms with Crippen molar-refractivity contribution in [2.24, 2.45) is 5.41 Å². The van der Waals surface area contributed by atoms with E-state index < -0.39 is 0 Å². The van der Waals surface area contributed by atoms with Crippen molar-refractivity contribution in [3.63, 3.8) is 0 Å². The quantitative estimate of drug-likeness (QED) is 0.778. The van der Waals surface area contributed by atoms with Crippen LogP contribution in [0.4, 0.5) is 0 Å². The van der Waals surface area contributed by atoms with Gasteiger partial charge in [0.05, 0.1) is 5.60 Å². The third-order valence-electron chi connectivity index (χ3n) is 4.50. The van der Waals surface area contributed by atoms with Gasteiger partial charge >= 0.3 is 0 Å². The second-order valence-corrected chi connectivity index (χ2v) is 7.05. The minimum Gasteiger partial charge on any atom is -0.377 e. The van der Waals surface area contributed by atoms with E-state index in [0.717, 1.165) is 38.0 Å². The predicted octanol–water partition coefficient (Wildman–Crippen LogP) is 3.40. The molecule has 1 fully saturated rings. The third-order valence-corrected chi connectivity index (χ3v) is 4.50. The summed E-state index contributed by atoms with van der Waals surface area (Å²) in [5.41, 5.74) is 0.339. The van der Waals surface area contributed by atoms with E-state index >= 15 is 0 Å². The Balaban J connectivity index is 2.05. The summed E-state index contributed by atoms with van der Waals surface area (Å²) in [6.07, 6.45) is 2.22. The Labute approximate surface area is 128 Å². The van der Waals surface area contributed by atoms with Crippen LogP contribution in [-0.2, 0) is 4.74 Å². The van der Waals surface area contributed by atoms with E-state index in [0.29, 0.717) is 0 Å². The molecular formula is C18H27NO2. The Morgan fingerprint density at radius 2 is 2.00 bits per heavy atom. The number of carbonyl (C=O) groups excluding carboxylic acids is 1. The molecule has 1 aliphatic heterocycles. The van der Waals surface area contributed by atoms with Gasteiger partial charge in [-0.15, -0.1) is 0 Å². The van der Waals surface area contributed by atoms with Gasteiger partial charge in [-0.2, -0.15) is 0 Å². The van der Waals surface area contributed by atoms with Crippen LogP contribution in [-0.4, -0.2) is 43.0 Å². The molecule has 0 bridgehead atoms. The average molecular weight is 289 g/mol. The zero-order valence-electron chi connectivity index (χ0n) is 13.7. The first-order valence-corrected chi connectivity index (χ1v) is 7.74. The number of hydrogen-bond donors (Lipinski definition) is 0. The molecule has 116 valence electrons. The van der Waals surface area contributed by atoms with Crippen molar-refractivity contribution < 1.29 is 9.53 Å². The lowest BCUT2D eigenvalue weighted by Crippen LogP contribution is -2.51. The zero-order valence-corrected chi connectivity index (χ0v) is 13.7. The van der Waals surface area contributed by atoms with E-state index in [2.05, 4.69) is 11.8 Å². The number of rotatable bonds is 5. The fourth-order valence-corrected chi connectivity index (χ4v) is 3.22. The van der Waals surface area contributed by atoms with Crippen molar-refractivity contribution >= 4 is 5.78 Å². The van der Waals surface area contributed by atoms with Gasteiger partial charge in [-0.1, -0.05) is 44.2 Å². The lowest BCUT2D eigenvalue weighted by Gasteiger charge is -2.42. The van der Waals surface area contributed by atoms with Crippen molar-refractivity contribution in [2.75, 3.05) is 26.7 Å². The fraction of sp³-hybridized carbons (Fsp3) is 0.611. The maximum Gasteiger partial charge on any atom is 0.169 e. The number of benzene rings is 1. The van der Waals surface area contributed by atoms with E-state index in [1.807, 2.05) is 44.2 Å². The molecule has 2 rings (SSSR count). The van der Waals surface area contributed by atoms with Gasteiger partial charge in [0.2, 0.25) is 0 Å². The number of piperidine rings is 1. The molecule has 1 aromatic carbocycles. The molecule has 1 atom stereocenters. The summed E-state index contributed by atoms with van der Waals surface area (Å²) in [4.78, 5) is 15.1. The Bertz CT molecular complexity index is 483. The summed E-state index contributed by atoms with van der Waals surface area (Å²) in [5.74, 6) is 0.216. The first kappa shape index (κ1) is 16.2. The second kappa shape index (κ2) is 6.29. The molecule has 0 aromatic heterocycles. The van der Waals surface area contributed by atoms with Crippen molar-refractivity contribution in [3.05, 3.63) is 35.9 Å². The Morgan fingerprint density at radius 3 is 2.62 bits per heavy atom. The molecule has 0 radical (unpaired) electrons. The molecule has 1 aliphatic rings. The monoisotopic (exact) mass is 289 g/mol. The molecule has 3 nitrogen and oxygen atoms in total. The van der Waals surface area contributed by atoms with Gasteiger partial charge in [0, 0.05) is 31.2 Å². The van der Waals surface area contributed by atoms with Gasteiger partial charge in [0.15, 0.2) is 5.78 Å². The fourth-order valence-electron chi connectivity index (χ4n) is 3.22. The third kappa shape index (κ3) is 3.92. The summed E-state index contributed by atoms with van der Waals surface area (Å²) in [5, 5.41) is 0. The number of Topliss-reactive ketones (excluding diaryl/α,β-unsaturated/α-hetero) is 1. The van der Waals surface area contributed by atoms with E-state index in [4.69, 9.17) is 4.74 Å². The van der Waals surface area contributed by atoms with Crippen LogP contribution >= 0.6 is 0 Å². The maximum atomic E-state index is 12.7. The van der Waals surface area contributed by atoms with E-state index in [-0.39, 0.29) is 16.8 Å². The highest BCUT2D eigenvalue weighted by Gasteiger charge is 2.36. The molecule has 0 aliphatic carbocycles. The molecule has 0 saturated carbocycles. The molecule has 0 spiro atoms. The smallest absolute Gasteiger partial charge is 0.169 e.